The van der Waals surface area contributed by atoms with Crippen molar-refractivity contribution < 1.29 is 14.3 Å². The Kier molecular flexibility index (Phi) is 5.44. The van der Waals surface area contributed by atoms with Crippen LogP contribution in [-0.4, -0.2) is 29.9 Å². The number of methoxy groups -OCH3 is 1. The van der Waals surface area contributed by atoms with Gasteiger partial charge in [-0.2, -0.15) is 0 Å². The first-order valence-corrected chi connectivity index (χ1v) is 8.06. The van der Waals surface area contributed by atoms with Crippen LogP contribution in [0, 0.1) is 13.8 Å². The number of aromatic amines is 1. The Morgan fingerprint density at radius 2 is 1.83 bits per heavy atom. The molecule has 0 aliphatic heterocycles. The number of carbonyl (C=O) groups excluding carboxylic acids is 2. The maximum atomic E-state index is 12.7. The van der Waals surface area contributed by atoms with Gasteiger partial charge in [-0.15, -0.1) is 0 Å². The van der Waals surface area contributed by atoms with Gasteiger partial charge in [0.05, 0.1) is 24.4 Å². The molecule has 1 atom stereocenters. The molecule has 0 unspecified atom stereocenters. The second-order valence-electron chi connectivity index (χ2n) is 5.90. The van der Waals surface area contributed by atoms with E-state index < -0.39 is 12.0 Å². The Bertz CT molecular complexity index is 745. The molecule has 0 spiro atoms. The Morgan fingerprint density at radius 1 is 1.21 bits per heavy atom. The number of ketones is 1. The number of benzene rings is 1. The molecule has 2 rings (SSSR count). The second kappa shape index (κ2) is 7.34. The lowest BCUT2D eigenvalue weighted by Crippen LogP contribution is -2.27. The summed E-state index contributed by atoms with van der Waals surface area (Å²) in [4.78, 5) is 27.6. The van der Waals surface area contributed by atoms with E-state index >= 15 is 0 Å². The maximum Gasteiger partial charge on any atom is 0.339 e. The van der Waals surface area contributed by atoms with Crippen molar-refractivity contribution in [3.05, 3.63) is 52.3 Å². The van der Waals surface area contributed by atoms with Crippen molar-refractivity contribution in [3.63, 3.8) is 0 Å². The summed E-state index contributed by atoms with van der Waals surface area (Å²) in [7, 11) is 1.33. The van der Waals surface area contributed by atoms with Crippen molar-refractivity contribution in [2.24, 2.45) is 0 Å². The maximum absolute atomic E-state index is 12.7. The predicted octanol–water partition coefficient (Wildman–Crippen LogP) is 3.66. The Labute approximate surface area is 142 Å². The van der Waals surface area contributed by atoms with E-state index in [1.807, 2.05) is 31.2 Å². The van der Waals surface area contributed by atoms with E-state index in [4.69, 9.17) is 4.74 Å². The van der Waals surface area contributed by atoms with Crippen molar-refractivity contribution in [2.75, 3.05) is 12.4 Å². The first kappa shape index (κ1) is 17.8. The molecule has 0 saturated carbocycles. The monoisotopic (exact) mass is 328 g/mol. The number of Topliss-reactive ketones (excluding diaryl/α,β-unsaturated/α-hetero) is 1. The Morgan fingerprint density at radius 3 is 2.38 bits per heavy atom. The number of aryl methyl sites for hydroxylation is 2. The van der Waals surface area contributed by atoms with Crippen LogP contribution < -0.4 is 5.32 Å². The van der Waals surface area contributed by atoms with Gasteiger partial charge in [0, 0.05) is 11.4 Å². The molecule has 0 fully saturated rings. The van der Waals surface area contributed by atoms with E-state index in [1.165, 1.54) is 12.7 Å². The topological polar surface area (TPSA) is 71.2 Å². The van der Waals surface area contributed by atoms with Gasteiger partial charge in [0.2, 0.25) is 5.78 Å². The smallest absolute Gasteiger partial charge is 0.339 e. The molecule has 0 amide bonds. The highest BCUT2D eigenvalue weighted by Crippen LogP contribution is 2.21. The van der Waals surface area contributed by atoms with E-state index in [1.54, 1.807) is 13.8 Å². The summed E-state index contributed by atoms with van der Waals surface area (Å²) in [5.41, 5.74) is 4.28. The van der Waals surface area contributed by atoms with Crippen molar-refractivity contribution in [3.8, 4) is 0 Å². The number of carbonyl (C=O) groups is 2. The molecule has 1 aromatic carbocycles. The molecule has 5 nitrogen and oxygen atoms in total. The number of H-pyrrole nitrogens is 1. The lowest BCUT2D eigenvalue weighted by atomic mass is 10.0. The molecule has 5 heteroatoms. The summed E-state index contributed by atoms with van der Waals surface area (Å²) < 4.78 is 4.78. The minimum atomic E-state index is -0.434. The summed E-state index contributed by atoms with van der Waals surface area (Å²) in [6.45, 7) is 7.43. The molecule has 128 valence electrons. The second-order valence-corrected chi connectivity index (χ2v) is 5.90. The molecule has 24 heavy (non-hydrogen) atoms. The van der Waals surface area contributed by atoms with Crippen LogP contribution in [0.3, 0.4) is 0 Å². The summed E-state index contributed by atoms with van der Waals surface area (Å²) >= 11 is 0. The van der Waals surface area contributed by atoms with E-state index in [0.717, 1.165) is 12.1 Å². The van der Waals surface area contributed by atoms with Crippen LogP contribution >= 0.6 is 0 Å². The molecule has 2 N–H and O–H groups in total. The van der Waals surface area contributed by atoms with Crippen molar-refractivity contribution >= 4 is 17.4 Å². The van der Waals surface area contributed by atoms with Gasteiger partial charge < -0.3 is 15.0 Å². The number of hydrogen-bond donors (Lipinski definition) is 2. The van der Waals surface area contributed by atoms with Gasteiger partial charge in [-0.1, -0.05) is 19.1 Å². The number of nitrogens with one attached hydrogen (secondary N) is 2. The average Bonchev–Trinajstić information content (AvgIpc) is 2.88. The highest BCUT2D eigenvalue weighted by molar-refractivity contribution is 6.04. The van der Waals surface area contributed by atoms with E-state index in [9.17, 15) is 9.59 Å². The van der Waals surface area contributed by atoms with Crippen LogP contribution in [0.15, 0.2) is 24.3 Å². The number of rotatable bonds is 6. The lowest BCUT2D eigenvalue weighted by molar-refractivity contribution is 0.0599. The van der Waals surface area contributed by atoms with E-state index in [0.29, 0.717) is 22.5 Å². The van der Waals surface area contributed by atoms with E-state index in [-0.39, 0.29) is 5.78 Å². The van der Waals surface area contributed by atoms with Gasteiger partial charge >= 0.3 is 5.97 Å². The largest absolute Gasteiger partial charge is 0.465 e. The summed E-state index contributed by atoms with van der Waals surface area (Å²) in [6.07, 6.45) is 0.978. The SMILES string of the molecule is CCc1ccc(N[C@H](C)C(=O)c2[nH]c(C)c(C(=O)OC)c2C)cc1. The van der Waals surface area contributed by atoms with Crippen LogP contribution in [0.2, 0.25) is 0 Å². The molecule has 0 radical (unpaired) electrons. The molecule has 1 aromatic heterocycles. The van der Waals surface area contributed by atoms with Gasteiger partial charge in [-0.25, -0.2) is 4.79 Å². The van der Waals surface area contributed by atoms with E-state index in [2.05, 4.69) is 17.2 Å². The number of ether oxygens (including phenoxy) is 1. The molecule has 0 aliphatic rings. The van der Waals surface area contributed by atoms with Crippen LogP contribution in [0.25, 0.3) is 0 Å². The Balaban J connectivity index is 2.20. The number of anilines is 1. The number of esters is 1. The molecule has 0 aliphatic carbocycles. The summed E-state index contributed by atoms with van der Waals surface area (Å²) in [5.74, 6) is -0.526. The summed E-state index contributed by atoms with van der Waals surface area (Å²) in [6, 6.07) is 7.60. The van der Waals surface area contributed by atoms with Crippen LogP contribution in [-0.2, 0) is 11.2 Å². The first-order valence-electron chi connectivity index (χ1n) is 8.06. The van der Waals surface area contributed by atoms with Crippen molar-refractivity contribution in [1.29, 1.82) is 0 Å². The lowest BCUT2D eigenvalue weighted by Gasteiger charge is -2.14. The third kappa shape index (κ3) is 3.50. The standard InChI is InChI=1S/C19H24N2O3/c1-6-14-7-9-15(10-8-14)20-13(4)18(22)17-11(2)16(12(3)21-17)19(23)24-5/h7-10,13,20-21H,6H2,1-5H3/t13-/m1/s1. The minimum Gasteiger partial charge on any atom is -0.465 e. The summed E-state index contributed by atoms with van der Waals surface area (Å²) in [5, 5.41) is 3.20. The average molecular weight is 328 g/mol. The zero-order valence-corrected chi connectivity index (χ0v) is 14.8. The quantitative estimate of drug-likeness (QED) is 0.627. The fourth-order valence-corrected chi connectivity index (χ4v) is 2.77. The third-order valence-electron chi connectivity index (χ3n) is 4.21. The fraction of sp³-hybridized carbons (Fsp3) is 0.368. The van der Waals surface area contributed by atoms with Crippen LogP contribution in [0.5, 0.6) is 0 Å². The first-order chi connectivity index (χ1) is 11.4. The Hall–Kier alpha value is -2.56. The number of hydrogen-bond acceptors (Lipinski definition) is 4. The van der Waals surface area contributed by atoms with Crippen LogP contribution in [0.1, 0.15) is 51.5 Å². The van der Waals surface area contributed by atoms with Gasteiger partial charge in [0.25, 0.3) is 0 Å². The zero-order valence-electron chi connectivity index (χ0n) is 14.8. The molecular weight excluding hydrogens is 304 g/mol. The van der Waals surface area contributed by atoms with Gasteiger partial charge in [0.1, 0.15) is 0 Å². The van der Waals surface area contributed by atoms with Crippen molar-refractivity contribution in [1.82, 2.24) is 4.98 Å². The number of aromatic nitrogens is 1. The van der Waals surface area contributed by atoms with Crippen molar-refractivity contribution in [2.45, 2.75) is 40.2 Å². The minimum absolute atomic E-state index is 0.0923. The molecular formula is C19H24N2O3. The fourth-order valence-electron chi connectivity index (χ4n) is 2.77. The van der Waals surface area contributed by atoms with Gasteiger partial charge in [-0.05, 0) is 50.5 Å². The highest BCUT2D eigenvalue weighted by atomic mass is 16.5. The predicted molar refractivity (Wildman–Crippen MR) is 94.8 cm³/mol. The van der Waals surface area contributed by atoms with Gasteiger partial charge in [-0.3, -0.25) is 4.79 Å². The van der Waals surface area contributed by atoms with Crippen LogP contribution in [0.4, 0.5) is 5.69 Å². The molecule has 2 aromatic rings. The molecule has 1 heterocycles. The highest BCUT2D eigenvalue weighted by Gasteiger charge is 2.25. The zero-order chi connectivity index (χ0) is 17.9. The molecule has 0 saturated heterocycles. The third-order valence-corrected chi connectivity index (χ3v) is 4.21. The normalized spacial score (nSPS) is 11.9. The molecule has 0 bridgehead atoms. The van der Waals surface area contributed by atoms with Gasteiger partial charge in [0.15, 0.2) is 0 Å².